The Labute approximate surface area is 206 Å². The maximum atomic E-state index is 12.3. The first-order chi connectivity index (χ1) is 16.9. The van der Waals surface area contributed by atoms with E-state index in [1.807, 2.05) is 0 Å². The van der Waals surface area contributed by atoms with Crippen molar-refractivity contribution in [2.75, 3.05) is 38.1 Å². The average Bonchev–Trinajstić information content (AvgIpc) is 2.87. The fraction of sp³-hybridized carbons (Fsp3) is 0.167. The number of halogens is 1. The monoisotopic (exact) mass is 499 g/mol. The van der Waals surface area contributed by atoms with E-state index >= 15 is 0 Å². The number of carbonyl (C=O) groups is 3. The van der Waals surface area contributed by atoms with Crippen molar-refractivity contribution in [3.05, 3.63) is 71.4 Å². The Kier molecular flexibility index (Phi) is 8.85. The molecular weight excluding hydrogens is 478 g/mol. The van der Waals surface area contributed by atoms with Gasteiger partial charge in [0.15, 0.2) is 24.7 Å². The summed E-state index contributed by atoms with van der Waals surface area (Å²) in [5.41, 5.74) is 0.634. The van der Waals surface area contributed by atoms with Gasteiger partial charge in [0.05, 0.1) is 30.5 Å². The summed E-state index contributed by atoms with van der Waals surface area (Å²) in [6.45, 7) is -0.829. The van der Waals surface area contributed by atoms with Crippen LogP contribution in [0.25, 0.3) is 0 Å². The lowest BCUT2D eigenvalue weighted by Crippen LogP contribution is -2.21. The van der Waals surface area contributed by atoms with Crippen molar-refractivity contribution in [3.8, 4) is 17.2 Å². The Hall–Kier alpha value is -4.31. The van der Waals surface area contributed by atoms with Gasteiger partial charge in [-0.15, -0.1) is 0 Å². The molecule has 0 unspecified atom stereocenters. The minimum Gasteiger partial charge on any atom is -0.495 e. The number of nitrogens with zero attached hydrogens (tertiary/aromatic N) is 1. The molecule has 0 saturated heterocycles. The molecule has 0 atom stereocenters. The number of carbonyl (C=O) groups excluding carboxylic acids is 3. The zero-order valence-corrected chi connectivity index (χ0v) is 19.6. The van der Waals surface area contributed by atoms with E-state index in [1.165, 1.54) is 44.7 Å². The number of esters is 1. The molecule has 1 aromatic heterocycles. The van der Waals surface area contributed by atoms with Gasteiger partial charge in [-0.1, -0.05) is 23.7 Å². The molecule has 3 rings (SSSR count). The lowest BCUT2D eigenvalue weighted by atomic mass is 10.2. The molecule has 35 heavy (non-hydrogen) atoms. The van der Waals surface area contributed by atoms with Crippen LogP contribution in [-0.2, 0) is 14.3 Å². The lowest BCUT2D eigenvalue weighted by molar-refractivity contribution is -0.119. The van der Waals surface area contributed by atoms with Crippen LogP contribution in [-0.4, -0.2) is 50.2 Å². The average molecular weight is 500 g/mol. The van der Waals surface area contributed by atoms with Crippen LogP contribution in [0.2, 0.25) is 5.02 Å². The molecule has 0 aliphatic rings. The predicted molar refractivity (Wildman–Crippen MR) is 128 cm³/mol. The van der Waals surface area contributed by atoms with Crippen LogP contribution in [0.15, 0.2) is 60.8 Å². The molecule has 0 spiro atoms. The second kappa shape index (κ2) is 12.2. The van der Waals surface area contributed by atoms with Crippen molar-refractivity contribution in [2.45, 2.75) is 0 Å². The van der Waals surface area contributed by atoms with Crippen LogP contribution >= 0.6 is 11.6 Å². The van der Waals surface area contributed by atoms with Gasteiger partial charge >= 0.3 is 5.97 Å². The number of pyridine rings is 1. The summed E-state index contributed by atoms with van der Waals surface area (Å²) >= 11 is 5.75. The fourth-order valence-corrected chi connectivity index (χ4v) is 2.95. The summed E-state index contributed by atoms with van der Waals surface area (Å²) in [7, 11) is 2.89. The second-order valence-corrected chi connectivity index (χ2v) is 7.33. The van der Waals surface area contributed by atoms with Crippen LogP contribution in [0.5, 0.6) is 17.2 Å². The Balaban J connectivity index is 1.54. The highest BCUT2D eigenvalue weighted by Gasteiger charge is 2.16. The van der Waals surface area contributed by atoms with Gasteiger partial charge in [-0.05, 0) is 42.5 Å². The van der Waals surface area contributed by atoms with Gasteiger partial charge in [0.2, 0.25) is 0 Å². The highest BCUT2D eigenvalue weighted by molar-refractivity contribution is 6.30. The topological polar surface area (TPSA) is 125 Å². The minimum atomic E-state index is -0.747. The van der Waals surface area contributed by atoms with E-state index in [0.717, 1.165) is 0 Å². The maximum Gasteiger partial charge on any atom is 0.338 e. The van der Waals surface area contributed by atoms with Crippen LogP contribution in [0.1, 0.15) is 10.4 Å². The first-order valence-electron chi connectivity index (χ1n) is 10.2. The van der Waals surface area contributed by atoms with E-state index in [2.05, 4.69) is 15.6 Å². The first-order valence-corrected chi connectivity index (χ1v) is 10.6. The van der Waals surface area contributed by atoms with Crippen molar-refractivity contribution < 1.29 is 33.3 Å². The molecule has 182 valence electrons. The number of para-hydroxylation sites is 2. The summed E-state index contributed by atoms with van der Waals surface area (Å²) in [5, 5.41) is 5.60. The molecule has 2 aromatic carbocycles. The minimum absolute atomic E-state index is 0.130. The number of aromatic nitrogens is 1. The van der Waals surface area contributed by atoms with Crippen molar-refractivity contribution in [3.63, 3.8) is 0 Å². The SMILES string of the molecule is COc1ccccc1NC(=O)COc1ccc(C(=O)OCC(=O)Nc2ccc(Cl)cn2)cc1OC. The molecule has 0 aliphatic heterocycles. The van der Waals surface area contributed by atoms with E-state index in [9.17, 15) is 14.4 Å². The zero-order valence-electron chi connectivity index (χ0n) is 18.9. The predicted octanol–water partition coefficient (Wildman–Crippen LogP) is 3.57. The molecule has 0 aliphatic carbocycles. The third kappa shape index (κ3) is 7.34. The number of nitrogens with one attached hydrogen (secondary N) is 2. The Bertz CT molecular complexity index is 1200. The van der Waals surface area contributed by atoms with Crippen LogP contribution in [0.4, 0.5) is 11.5 Å². The van der Waals surface area contributed by atoms with Gasteiger partial charge in [0, 0.05) is 6.20 Å². The normalized spacial score (nSPS) is 10.1. The quantitative estimate of drug-likeness (QED) is 0.406. The van der Waals surface area contributed by atoms with Crippen LogP contribution < -0.4 is 24.8 Å². The summed E-state index contributed by atoms with van der Waals surface area (Å²) in [6, 6.07) is 14.3. The molecule has 0 saturated carbocycles. The van der Waals surface area contributed by atoms with Gasteiger partial charge in [0.1, 0.15) is 11.6 Å². The van der Waals surface area contributed by atoms with Crippen molar-refractivity contribution >= 4 is 40.9 Å². The zero-order chi connectivity index (χ0) is 25.2. The molecule has 11 heteroatoms. The summed E-state index contributed by atoms with van der Waals surface area (Å²) < 4.78 is 21.0. The first kappa shape index (κ1) is 25.3. The van der Waals surface area contributed by atoms with Crippen LogP contribution in [0.3, 0.4) is 0 Å². The number of ether oxygens (including phenoxy) is 4. The molecule has 10 nitrogen and oxygen atoms in total. The standard InChI is InChI=1S/C24H22ClN3O7/c1-32-18-6-4-3-5-17(18)27-22(29)13-34-19-9-7-15(11-20(19)33-2)24(31)35-14-23(30)28-21-10-8-16(25)12-26-21/h3-12H,13-14H2,1-2H3,(H,27,29)(H,26,28,30). The molecule has 3 aromatic rings. The smallest absolute Gasteiger partial charge is 0.338 e. The largest absolute Gasteiger partial charge is 0.495 e. The highest BCUT2D eigenvalue weighted by atomic mass is 35.5. The molecule has 2 N–H and O–H groups in total. The molecule has 2 amide bonds. The molecule has 0 bridgehead atoms. The van der Waals surface area contributed by atoms with E-state index in [-0.39, 0.29) is 29.5 Å². The molecule has 0 fully saturated rings. The number of methoxy groups -OCH3 is 2. The van der Waals surface area contributed by atoms with Gasteiger partial charge < -0.3 is 29.6 Å². The van der Waals surface area contributed by atoms with E-state index in [4.69, 9.17) is 30.5 Å². The fourth-order valence-electron chi connectivity index (χ4n) is 2.83. The number of rotatable bonds is 10. The molecule has 1 heterocycles. The van der Waals surface area contributed by atoms with E-state index in [0.29, 0.717) is 16.5 Å². The van der Waals surface area contributed by atoms with Crippen molar-refractivity contribution in [2.24, 2.45) is 0 Å². The van der Waals surface area contributed by atoms with Crippen molar-refractivity contribution in [1.29, 1.82) is 0 Å². The number of anilines is 2. The maximum absolute atomic E-state index is 12.3. The third-order valence-electron chi connectivity index (χ3n) is 4.47. The summed E-state index contributed by atoms with van der Waals surface area (Å²) in [5.74, 6) is -0.497. The molecule has 0 radical (unpaired) electrons. The Morgan fingerprint density at radius 1 is 0.857 bits per heavy atom. The number of hydrogen-bond donors (Lipinski definition) is 2. The second-order valence-electron chi connectivity index (χ2n) is 6.89. The number of benzene rings is 2. The van der Waals surface area contributed by atoms with Gasteiger partial charge in [-0.2, -0.15) is 0 Å². The third-order valence-corrected chi connectivity index (χ3v) is 4.69. The summed E-state index contributed by atoms with van der Waals surface area (Å²) in [4.78, 5) is 40.5. The van der Waals surface area contributed by atoms with Gasteiger partial charge in [-0.25, -0.2) is 9.78 Å². The number of hydrogen-bond acceptors (Lipinski definition) is 8. The Morgan fingerprint density at radius 2 is 1.60 bits per heavy atom. The highest BCUT2D eigenvalue weighted by Crippen LogP contribution is 2.29. The Morgan fingerprint density at radius 3 is 2.31 bits per heavy atom. The van der Waals surface area contributed by atoms with Crippen LogP contribution in [0, 0.1) is 0 Å². The van der Waals surface area contributed by atoms with Crippen molar-refractivity contribution in [1.82, 2.24) is 4.98 Å². The van der Waals surface area contributed by atoms with Gasteiger partial charge in [0.25, 0.3) is 11.8 Å². The van der Waals surface area contributed by atoms with E-state index in [1.54, 1.807) is 30.3 Å². The number of amides is 2. The van der Waals surface area contributed by atoms with Gasteiger partial charge in [-0.3, -0.25) is 9.59 Å². The lowest BCUT2D eigenvalue weighted by Gasteiger charge is -2.13. The van der Waals surface area contributed by atoms with E-state index < -0.39 is 24.4 Å². The summed E-state index contributed by atoms with van der Waals surface area (Å²) in [6.07, 6.45) is 1.38. The molecular formula is C24H22ClN3O7.